The fourth-order valence-corrected chi connectivity index (χ4v) is 0.698. The molecule has 0 bridgehead atoms. The number of carbonyl (C=O) groups excluding carboxylic acids is 1. The smallest absolute Gasteiger partial charge is 0.413 e. The predicted octanol–water partition coefficient (Wildman–Crippen LogP) is 1.56. The zero-order valence-corrected chi connectivity index (χ0v) is 7.84. The summed E-state index contributed by atoms with van der Waals surface area (Å²) in [7, 11) is 0. The Hall–Kier alpha value is -1.52. The first-order chi connectivity index (χ1) is 5.97. The Morgan fingerprint density at radius 3 is 2.85 bits per heavy atom. The van der Waals surface area contributed by atoms with Gasteiger partial charge in [0, 0.05) is 6.07 Å². The lowest BCUT2D eigenvalue weighted by Crippen LogP contribution is -2.27. The summed E-state index contributed by atoms with van der Waals surface area (Å²) >= 11 is 0. The number of nitrogens with one attached hydrogen (secondary N) is 2. The number of carbonyl (C=O) groups is 1. The Morgan fingerprint density at radius 2 is 2.38 bits per heavy atom. The molecule has 0 aliphatic carbocycles. The number of aromatic nitrogens is 2. The second-order valence-corrected chi connectivity index (χ2v) is 3.52. The van der Waals surface area contributed by atoms with Crippen LogP contribution in [0.25, 0.3) is 0 Å². The van der Waals surface area contributed by atoms with Crippen molar-refractivity contribution in [2.75, 3.05) is 5.32 Å². The molecule has 5 heteroatoms. The van der Waals surface area contributed by atoms with Crippen LogP contribution in [0.3, 0.4) is 0 Å². The van der Waals surface area contributed by atoms with Gasteiger partial charge < -0.3 is 4.74 Å². The van der Waals surface area contributed by atoms with Crippen LogP contribution in [0.1, 0.15) is 20.8 Å². The molecule has 13 heavy (non-hydrogen) atoms. The third-order valence-electron chi connectivity index (χ3n) is 1.08. The molecule has 1 radical (unpaired) electrons. The highest BCUT2D eigenvalue weighted by atomic mass is 16.6. The van der Waals surface area contributed by atoms with Gasteiger partial charge in [0.15, 0.2) is 5.82 Å². The third-order valence-corrected chi connectivity index (χ3v) is 1.08. The van der Waals surface area contributed by atoms with E-state index in [1.807, 2.05) is 0 Å². The van der Waals surface area contributed by atoms with Crippen molar-refractivity contribution >= 4 is 11.9 Å². The van der Waals surface area contributed by atoms with Gasteiger partial charge in [0.25, 0.3) is 0 Å². The Labute approximate surface area is 76.5 Å². The molecule has 0 aromatic carbocycles. The minimum Gasteiger partial charge on any atom is -0.444 e. The molecule has 1 rings (SSSR count). The number of amides is 1. The summed E-state index contributed by atoms with van der Waals surface area (Å²) in [5, 5.41) is 8.59. The van der Waals surface area contributed by atoms with E-state index in [0.717, 1.165) is 0 Å². The summed E-state index contributed by atoms with van der Waals surface area (Å²) in [4.78, 5) is 11.1. The maximum absolute atomic E-state index is 11.1. The molecule has 0 spiro atoms. The summed E-state index contributed by atoms with van der Waals surface area (Å²) in [5.74, 6) is 0.397. The highest BCUT2D eigenvalue weighted by Gasteiger charge is 2.16. The van der Waals surface area contributed by atoms with Crippen LogP contribution in [-0.2, 0) is 4.74 Å². The van der Waals surface area contributed by atoms with Crippen molar-refractivity contribution in [3.05, 3.63) is 12.3 Å². The number of hydrogen-bond donors (Lipinski definition) is 2. The molecule has 5 nitrogen and oxygen atoms in total. The number of rotatable bonds is 1. The van der Waals surface area contributed by atoms with Gasteiger partial charge in [-0.05, 0) is 20.8 Å². The highest BCUT2D eigenvalue weighted by Crippen LogP contribution is 2.08. The van der Waals surface area contributed by atoms with Gasteiger partial charge in [0.05, 0.1) is 6.20 Å². The van der Waals surface area contributed by atoms with Crippen molar-refractivity contribution in [1.29, 1.82) is 0 Å². The Morgan fingerprint density at radius 1 is 1.69 bits per heavy atom. The van der Waals surface area contributed by atoms with Crippen molar-refractivity contribution in [2.24, 2.45) is 0 Å². The van der Waals surface area contributed by atoms with Crippen LogP contribution < -0.4 is 5.32 Å². The number of nitrogens with zero attached hydrogens (tertiary/aromatic N) is 1. The molecule has 0 saturated heterocycles. The van der Waals surface area contributed by atoms with Gasteiger partial charge in [0.1, 0.15) is 5.60 Å². The average molecular weight is 182 g/mol. The molecule has 0 unspecified atom stereocenters. The van der Waals surface area contributed by atoms with E-state index in [2.05, 4.69) is 21.7 Å². The summed E-state index contributed by atoms with van der Waals surface area (Å²) in [6.07, 6.45) is 2.07. The zero-order chi connectivity index (χ0) is 9.90. The van der Waals surface area contributed by atoms with Crippen molar-refractivity contribution in [3.63, 3.8) is 0 Å². The fourth-order valence-electron chi connectivity index (χ4n) is 0.698. The van der Waals surface area contributed by atoms with Gasteiger partial charge in [-0.2, -0.15) is 5.10 Å². The molecule has 0 aliphatic heterocycles. The zero-order valence-electron chi connectivity index (χ0n) is 7.84. The Bertz CT molecular complexity index is 274. The maximum Gasteiger partial charge on any atom is 0.413 e. The van der Waals surface area contributed by atoms with Gasteiger partial charge in [-0.25, -0.2) is 4.79 Å². The average Bonchev–Trinajstić information content (AvgIpc) is 2.34. The van der Waals surface area contributed by atoms with E-state index in [0.29, 0.717) is 5.82 Å². The summed E-state index contributed by atoms with van der Waals surface area (Å²) in [6, 6.07) is 1.52. The fraction of sp³-hybridized carbons (Fsp3) is 0.500. The summed E-state index contributed by atoms with van der Waals surface area (Å²) in [5.41, 5.74) is -0.496. The lowest BCUT2D eigenvalue weighted by Gasteiger charge is -2.18. The second-order valence-electron chi connectivity index (χ2n) is 3.52. The van der Waals surface area contributed by atoms with E-state index in [1.54, 1.807) is 20.8 Å². The van der Waals surface area contributed by atoms with Gasteiger partial charge >= 0.3 is 6.09 Å². The molecule has 0 atom stereocenters. The topological polar surface area (TPSA) is 67.0 Å². The Kier molecular flexibility index (Phi) is 2.55. The minimum atomic E-state index is -0.520. The quantitative estimate of drug-likeness (QED) is 0.692. The van der Waals surface area contributed by atoms with Crippen molar-refractivity contribution < 1.29 is 9.53 Å². The molecular formula is C8H12N3O2. The molecule has 1 amide bonds. The van der Waals surface area contributed by atoms with E-state index in [4.69, 9.17) is 4.74 Å². The SMILES string of the molecule is CC(C)(C)OC(=O)Nc1c[c][nH]n1. The van der Waals surface area contributed by atoms with E-state index in [9.17, 15) is 4.79 Å². The maximum atomic E-state index is 11.1. The first-order valence-corrected chi connectivity index (χ1v) is 3.89. The van der Waals surface area contributed by atoms with Crippen LogP contribution in [0.2, 0.25) is 0 Å². The van der Waals surface area contributed by atoms with E-state index < -0.39 is 11.7 Å². The summed E-state index contributed by atoms with van der Waals surface area (Å²) < 4.78 is 4.99. The summed E-state index contributed by atoms with van der Waals surface area (Å²) in [6.45, 7) is 5.38. The second kappa shape index (κ2) is 3.47. The Balaban J connectivity index is 2.43. The van der Waals surface area contributed by atoms with Crippen molar-refractivity contribution in [1.82, 2.24) is 10.2 Å². The molecule has 1 aromatic heterocycles. The number of anilines is 1. The molecule has 0 aliphatic rings. The lowest BCUT2D eigenvalue weighted by atomic mass is 10.2. The molecule has 0 fully saturated rings. The van der Waals surface area contributed by atoms with E-state index >= 15 is 0 Å². The molecule has 0 saturated carbocycles. The van der Waals surface area contributed by atoms with Crippen LogP contribution in [0, 0.1) is 6.20 Å². The minimum absolute atomic E-state index is 0.397. The van der Waals surface area contributed by atoms with E-state index in [1.165, 1.54) is 6.07 Å². The van der Waals surface area contributed by atoms with Crippen LogP contribution in [0.5, 0.6) is 0 Å². The van der Waals surface area contributed by atoms with Crippen LogP contribution >= 0.6 is 0 Å². The molecular weight excluding hydrogens is 170 g/mol. The lowest BCUT2D eigenvalue weighted by molar-refractivity contribution is 0.0635. The molecule has 1 heterocycles. The third kappa shape index (κ3) is 3.59. The van der Waals surface area contributed by atoms with Crippen LogP contribution in [0.4, 0.5) is 10.6 Å². The highest BCUT2D eigenvalue weighted by molar-refractivity contribution is 5.83. The number of hydrogen-bond acceptors (Lipinski definition) is 3. The molecule has 1 aromatic rings. The van der Waals surface area contributed by atoms with Gasteiger partial charge in [0.2, 0.25) is 0 Å². The van der Waals surface area contributed by atoms with Crippen molar-refractivity contribution in [3.8, 4) is 0 Å². The number of H-pyrrole nitrogens is 1. The van der Waals surface area contributed by atoms with Gasteiger partial charge in [-0.1, -0.05) is 0 Å². The standard InChI is InChI=1S/C8H12N3O2/c1-8(2,3)13-7(12)10-6-4-5-9-11-6/h4H,1-3H3,(H2,9,10,11,12). The predicted molar refractivity (Wildman–Crippen MR) is 47.3 cm³/mol. The normalized spacial score (nSPS) is 11.0. The first-order valence-electron chi connectivity index (χ1n) is 3.89. The molecule has 2 N–H and O–H groups in total. The number of aromatic amines is 1. The number of ether oxygens (including phenoxy) is 1. The molecule has 71 valence electrons. The largest absolute Gasteiger partial charge is 0.444 e. The van der Waals surface area contributed by atoms with Gasteiger partial charge in [-0.3, -0.25) is 10.4 Å². The first kappa shape index (κ1) is 9.57. The van der Waals surface area contributed by atoms with E-state index in [-0.39, 0.29) is 0 Å². The van der Waals surface area contributed by atoms with Crippen molar-refractivity contribution in [2.45, 2.75) is 26.4 Å². The van der Waals surface area contributed by atoms with Gasteiger partial charge in [-0.15, -0.1) is 0 Å². The van der Waals surface area contributed by atoms with Crippen LogP contribution in [-0.4, -0.2) is 21.9 Å². The monoisotopic (exact) mass is 182 g/mol. The van der Waals surface area contributed by atoms with Crippen LogP contribution in [0.15, 0.2) is 6.07 Å².